The predicted molar refractivity (Wildman–Crippen MR) is 118 cm³/mol. The van der Waals surface area contributed by atoms with Crippen molar-refractivity contribution < 1.29 is 4.42 Å². The number of hydrogen-bond donors (Lipinski definition) is 0. The molecule has 5 heteroatoms. The molecule has 2 aromatic heterocycles. The van der Waals surface area contributed by atoms with E-state index >= 15 is 0 Å². The van der Waals surface area contributed by atoms with Crippen LogP contribution >= 0.6 is 27.3 Å². The summed E-state index contributed by atoms with van der Waals surface area (Å²) in [6, 6.07) is 22.1. The van der Waals surface area contributed by atoms with Gasteiger partial charge in [-0.2, -0.15) is 5.26 Å². The first kappa shape index (κ1) is 18.4. The minimum Gasteiger partial charge on any atom is -0.457 e. The highest BCUT2D eigenvalue weighted by Crippen LogP contribution is 2.29. The molecule has 4 rings (SSSR count). The van der Waals surface area contributed by atoms with Gasteiger partial charge in [0.05, 0.1) is 11.3 Å². The Bertz CT molecular complexity index is 1180. The van der Waals surface area contributed by atoms with Crippen molar-refractivity contribution in [1.29, 1.82) is 5.26 Å². The van der Waals surface area contributed by atoms with Crippen LogP contribution in [0, 0.1) is 18.3 Å². The SMILES string of the molecule is Cc1ccc(-c2ccc(/C=C(\C#N)c3nc(-c4ccc(Br)cc4)cs3)o2)cc1. The first-order valence-electron chi connectivity index (χ1n) is 8.63. The normalized spacial score (nSPS) is 11.4. The lowest BCUT2D eigenvalue weighted by atomic mass is 10.1. The van der Waals surface area contributed by atoms with Crippen molar-refractivity contribution in [3.05, 3.63) is 86.8 Å². The van der Waals surface area contributed by atoms with Gasteiger partial charge in [-0.3, -0.25) is 0 Å². The highest BCUT2D eigenvalue weighted by atomic mass is 79.9. The molecule has 4 aromatic rings. The van der Waals surface area contributed by atoms with E-state index in [1.54, 1.807) is 6.08 Å². The lowest BCUT2D eigenvalue weighted by Gasteiger charge is -1.98. The zero-order valence-corrected chi connectivity index (χ0v) is 17.4. The molecule has 0 atom stereocenters. The lowest BCUT2D eigenvalue weighted by Crippen LogP contribution is -1.82. The fourth-order valence-electron chi connectivity index (χ4n) is 2.74. The van der Waals surface area contributed by atoms with Crippen molar-refractivity contribution in [2.75, 3.05) is 0 Å². The molecule has 0 aliphatic rings. The zero-order chi connectivity index (χ0) is 19.5. The van der Waals surface area contributed by atoms with Gasteiger partial charge in [-0.1, -0.05) is 57.9 Å². The minimum atomic E-state index is 0.484. The molecule has 0 saturated heterocycles. The number of aromatic nitrogens is 1. The van der Waals surface area contributed by atoms with E-state index < -0.39 is 0 Å². The quantitative estimate of drug-likeness (QED) is 0.311. The number of halogens is 1. The van der Waals surface area contributed by atoms with Crippen molar-refractivity contribution in [2.45, 2.75) is 6.92 Å². The molecule has 0 radical (unpaired) electrons. The van der Waals surface area contributed by atoms with Crippen molar-refractivity contribution >= 4 is 38.9 Å². The number of rotatable bonds is 4. The van der Waals surface area contributed by atoms with E-state index in [1.165, 1.54) is 16.9 Å². The summed E-state index contributed by atoms with van der Waals surface area (Å²) in [6.45, 7) is 2.05. The molecule has 2 aromatic carbocycles. The first-order chi connectivity index (χ1) is 13.6. The van der Waals surface area contributed by atoms with Crippen LogP contribution in [-0.4, -0.2) is 4.98 Å². The number of thiazole rings is 1. The molecule has 0 fully saturated rings. The number of hydrogen-bond acceptors (Lipinski definition) is 4. The summed E-state index contributed by atoms with van der Waals surface area (Å²) >= 11 is 4.89. The number of benzene rings is 2. The number of nitrogens with zero attached hydrogens (tertiary/aromatic N) is 2. The monoisotopic (exact) mass is 446 g/mol. The zero-order valence-electron chi connectivity index (χ0n) is 15.0. The molecule has 0 bridgehead atoms. The fraction of sp³-hybridized carbons (Fsp3) is 0.0435. The van der Waals surface area contributed by atoms with Crippen LogP contribution in [-0.2, 0) is 0 Å². The standard InChI is InChI=1S/C23H15BrN2OS/c1-15-2-4-17(5-3-15)22-11-10-20(27-22)12-18(13-25)23-26-21(14-28-23)16-6-8-19(24)9-7-16/h2-12,14H,1H3/b18-12+. The largest absolute Gasteiger partial charge is 0.457 e. The van der Waals surface area contributed by atoms with Gasteiger partial charge in [-0.25, -0.2) is 4.98 Å². The molecule has 0 spiro atoms. The molecule has 0 saturated carbocycles. The van der Waals surface area contributed by atoms with E-state index in [1.807, 2.05) is 66.0 Å². The second kappa shape index (κ2) is 7.97. The van der Waals surface area contributed by atoms with Crippen LogP contribution in [0.5, 0.6) is 0 Å². The van der Waals surface area contributed by atoms with E-state index in [0.717, 1.165) is 27.1 Å². The van der Waals surface area contributed by atoms with Crippen molar-refractivity contribution in [2.24, 2.45) is 0 Å². The topological polar surface area (TPSA) is 49.8 Å². The summed E-state index contributed by atoms with van der Waals surface area (Å²) in [5.74, 6) is 1.41. The number of aryl methyl sites for hydroxylation is 1. The van der Waals surface area contributed by atoms with Gasteiger partial charge in [0, 0.05) is 27.1 Å². The third kappa shape index (κ3) is 3.99. The molecule has 2 heterocycles. The van der Waals surface area contributed by atoms with Crippen LogP contribution < -0.4 is 0 Å². The third-order valence-corrected chi connectivity index (χ3v) is 5.65. The maximum absolute atomic E-state index is 9.61. The van der Waals surface area contributed by atoms with Gasteiger partial charge in [-0.05, 0) is 31.2 Å². The lowest BCUT2D eigenvalue weighted by molar-refractivity contribution is 0.572. The van der Waals surface area contributed by atoms with Gasteiger partial charge in [0.15, 0.2) is 0 Å². The maximum atomic E-state index is 9.61. The van der Waals surface area contributed by atoms with Crippen LogP contribution in [0.3, 0.4) is 0 Å². The summed E-state index contributed by atoms with van der Waals surface area (Å²) < 4.78 is 6.93. The summed E-state index contributed by atoms with van der Waals surface area (Å²) in [6.07, 6.45) is 1.74. The molecular formula is C23H15BrN2OS. The molecule has 0 N–H and O–H groups in total. The molecule has 28 heavy (non-hydrogen) atoms. The highest BCUT2D eigenvalue weighted by molar-refractivity contribution is 9.10. The van der Waals surface area contributed by atoms with Gasteiger partial charge in [-0.15, -0.1) is 11.3 Å². The average molecular weight is 447 g/mol. The molecule has 0 aliphatic carbocycles. The molecule has 3 nitrogen and oxygen atoms in total. The van der Waals surface area contributed by atoms with E-state index in [9.17, 15) is 5.26 Å². The molecule has 0 aliphatic heterocycles. The fourth-order valence-corrected chi connectivity index (χ4v) is 3.80. The summed E-state index contributed by atoms with van der Waals surface area (Å²) in [5.41, 5.74) is 4.57. The van der Waals surface area contributed by atoms with Crippen LogP contribution in [0.15, 0.2) is 74.9 Å². The van der Waals surface area contributed by atoms with Crippen molar-refractivity contribution in [1.82, 2.24) is 4.98 Å². The first-order valence-corrected chi connectivity index (χ1v) is 10.3. The molecule has 0 amide bonds. The molecular weight excluding hydrogens is 432 g/mol. The third-order valence-electron chi connectivity index (χ3n) is 4.24. The van der Waals surface area contributed by atoms with E-state index in [2.05, 4.69) is 33.9 Å². The molecule has 136 valence electrons. The summed E-state index contributed by atoms with van der Waals surface area (Å²) in [5, 5.41) is 12.2. The smallest absolute Gasteiger partial charge is 0.134 e. The Kier molecular flexibility index (Phi) is 5.25. The average Bonchev–Trinajstić information content (AvgIpc) is 3.37. The van der Waals surface area contributed by atoms with Gasteiger partial charge >= 0.3 is 0 Å². The van der Waals surface area contributed by atoms with E-state index in [4.69, 9.17) is 4.42 Å². The Labute approximate surface area is 175 Å². The second-order valence-corrected chi connectivity index (χ2v) is 8.06. The van der Waals surface area contributed by atoms with Crippen molar-refractivity contribution in [3.8, 4) is 28.7 Å². The highest BCUT2D eigenvalue weighted by Gasteiger charge is 2.11. The molecule has 0 unspecified atom stereocenters. The van der Waals surface area contributed by atoms with Gasteiger partial charge in [0.1, 0.15) is 22.6 Å². The van der Waals surface area contributed by atoms with Gasteiger partial charge in [0.25, 0.3) is 0 Å². The Morgan fingerprint density at radius 2 is 1.75 bits per heavy atom. The van der Waals surface area contributed by atoms with Gasteiger partial charge in [0.2, 0.25) is 0 Å². The van der Waals surface area contributed by atoms with Gasteiger partial charge < -0.3 is 4.42 Å². The summed E-state index contributed by atoms with van der Waals surface area (Å²) in [4.78, 5) is 4.62. The second-order valence-electron chi connectivity index (χ2n) is 6.28. The summed E-state index contributed by atoms with van der Waals surface area (Å²) in [7, 11) is 0. The number of allylic oxidation sites excluding steroid dienone is 1. The number of nitriles is 1. The number of furan rings is 1. The van der Waals surface area contributed by atoms with Crippen molar-refractivity contribution in [3.63, 3.8) is 0 Å². The Morgan fingerprint density at radius 3 is 2.46 bits per heavy atom. The van der Waals surface area contributed by atoms with Crippen LogP contribution in [0.25, 0.3) is 34.2 Å². The predicted octanol–water partition coefficient (Wildman–Crippen LogP) is 7.21. The Hall–Kier alpha value is -2.94. The van der Waals surface area contributed by atoms with E-state index in [0.29, 0.717) is 16.3 Å². The Morgan fingerprint density at radius 1 is 1.04 bits per heavy atom. The Balaban J connectivity index is 1.61. The minimum absolute atomic E-state index is 0.484. The maximum Gasteiger partial charge on any atom is 0.134 e. The van der Waals surface area contributed by atoms with Crippen LogP contribution in [0.2, 0.25) is 0 Å². The van der Waals surface area contributed by atoms with Crippen LogP contribution in [0.1, 0.15) is 16.3 Å². The van der Waals surface area contributed by atoms with E-state index in [-0.39, 0.29) is 0 Å². The van der Waals surface area contributed by atoms with Crippen LogP contribution in [0.4, 0.5) is 0 Å².